The van der Waals surface area contributed by atoms with Crippen LogP contribution in [0.1, 0.15) is 38.5 Å². The summed E-state index contributed by atoms with van der Waals surface area (Å²) in [7, 11) is -1.15. The minimum absolute atomic E-state index is 0.274. The van der Waals surface area contributed by atoms with Crippen LogP contribution in [0.15, 0.2) is 0 Å². The Hall–Kier alpha value is -0.0951. The summed E-state index contributed by atoms with van der Waals surface area (Å²) in [6, 6.07) is 0.274. The maximum absolute atomic E-state index is 8.68. The van der Waals surface area contributed by atoms with Crippen LogP contribution < -0.4 is 5.73 Å². The molecule has 1 rings (SSSR count). The summed E-state index contributed by atoms with van der Waals surface area (Å²) in [5.41, 5.74) is 6.02. The van der Waals surface area contributed by atoms with E-state index in [0.717, 1.165) is 32.2 Å². The van der Waals surface area contributed by atoms with E-state index in [1.807, 2.05) is 0 Å². The zero-order valence-corrected chi connectivity index (χ0v) is 10.1. The minimum Gasteiger partial charge on any atom is -0.427 e. The molecule has 1 aliphatic rings. The number of unbranched alkanes of at least 4 members (excludes halogenated alkanes) is 1. The maximum Gasteiger partial charge on any atom is 0.451 e. The van der Waals surface area contributed by atoms with Crippen LogP contribution in [0.25, 0.3) is 0 Å². The molecule has 1 heterocycles. The molecule has 1 unspecified atom stereocenters. The zero-order chi connectivity index (χ0) is 11.8. The molecule has 4 nitrogen and oxygen atoms in total. The highest BCUT2D eigenvalue weighted by Crippen LogP contribution is 2.10. The topological polar surface area (TPSA) is 69.7 Å². The Morgan fingerprint density at radius 3 is 2.44 bits per heavy atom. The number of likely N-dealkylation sites (tertiary alicyclic amines) is 1. The van der Waals surface area contributed by atoms with E-state index in [2.05, 4.69) is 4.90 Å². The Kier molecular flexibility index (Phi) is 7.04. The Bertz CT molecular complexity index is 175. The van der Waals surface area contributed by atoms with Gasteiger partial charge in [-0.15, -0.1) is 0 Å². The normalized spacial score (nSPS) is 18.9. The molecule has 0 amide bonds. The molecule has 94 valence electrons. The van der Waals surface area contributed by atoms with Gasteiger partial charge in [0.15, 0.2) is 0 Å². The van der Waals surface area contributed by atoms with Gasteiger partial charge in [0.1, 0.15) is 0 Å². The second kappa shape index (κ2) is 8.06. The van der Waals surface area contributed by atoms with E-state index in [9.17, 15) is 0 Å². The minimum atomic E-state index is -1.15. The van der Waals surface area contributed by atoms with Gasteiger partial charge in [-0.3, -0.25) is 0 Å². The first-order valence-electron chi connectivity index (χ1n) is 6.52. The molecular weight excluding hydrogens is 203 g/mol. The molecule has 0 aliphatic carbocycles. The summed E-state index contributed by atoms with van der Waals surface area (Å²) in [5, 5.41) is 17.4. The van der Waals surface area contributed by atoms with Gasteiger partial charge in [0, 0.05) is 6.04 Å². The van der Waals surface area contributed by atoms with Crippen LogP contribution in [0.5, 0.6) is 0 Å². The van der Waals surface area contributed by atoms with Crippen molar-refractivity contribution in [2.75, 3.05) is 19.6 Å². The average Bonchev–Trinajstić information content (AvgIpc) is 2.74. The molecule has 1 aliphatic heterocycles. The number of hydrogen-bond donors (Lipinski definition) is 3. The molecule has 4 N–H and O–H groups in total. The van der Waals surface area contributed by atoms with E-state index in [-0.39, 0.29) is 6.04 Å². The quantitative estimate of drug-likeness (QED) is 0.416. The predicted molar refractivity (Wildman–Crippen MR) is 67.1 cm³/mol. The van der Waals surface area contributed by atoms with E-state index in [1.54, 1.807) is 0 Å². The lowest BCUT2D eigenvalue weighted by Gasteiger charge is -2.17. The summed E-state index contributed by atoms with van der Waals surface area (Å²) in [4.78, 5) is 2.48. The molecule has 0 aromatic carbocycles. The van der Waals surface area contributed by atoms with Crippen molar-refractivity contribution in [3.8, 4) is 0 Å². The fraction of sp³-hybridized carbons (Fsp3) is 1.00. The van der Waals surface area contributed by atoms with Crippen molar-refractivity contribution in [1.82, 2.24) is 4.90 Å². The second-order valence-corrected chi connectivity index (χ2v) is 4.86. The van der Waals surface area contributed by atoms with E-state index in [4.69, 9.17) is 15.8 Å². The van der Waals surface area contributed by atoms with Crippen LogP contribution in [-0.2, 0) is 0 Å². The van der Waals surface area contributed by atoms with Gasteiger partial charge in [0.05, 0.1) is 0 Å². The summed E-state index contributed by atoms with van der Waals surface area (Å²) >= 11 is 0. The lowest BCUT2D eigenvalue weighted by Crippen LogP contribution is -2.28. The molecule has 0 spiro atoms. The van der Waals surface area contributed by atoms with Gasteiger partial charge >= 0.3 is 7.12 Å². The molecule has 5 heteroatoms. The number of hydrogen-bond acceptors (Lipinski definition) is 4. The van der Waals surface area contributed by atoms with Crippen LogP contribution in [-0.4, -0.2) is 47.7 Å². The third-order valence-corrected chi connectivity index (χ3v) is 3.30. The van der Waals surface area contributed by atoms with Crippen molar-refractivity contribution in [2.24, 2.45) is 5.73 Å². The van der Waals surface area contributed by atoms with Crippen molar-refractivity contribution in [3.05, 3.63) is 0 Å². The molecule has 0 aromatic heterocycles. The highest BCUT2D eigenvalue weighted by atomic mass is 16.4. The molecule has 16 heavy (non-hydrogen) atoms. The van der Waals surface area contributed by atoms with Gasteiger partial charge in [-0.05, 0) is 51.6 Å². The first-order valence-corrected chi connectivity index (χ1v) is 6.52. The molecule has 0 aromatic rings. The molecule has 1 saturated heterocycles. The molecule has 1 fully saturated rings. The maximum atomic E-state index is 8.68. The van der Waals surface area contributed by atoms with Crippen LogP contribution in [0.2, 0.25) is 6.32 Å². The highest BCUT2D eigenvalue weighted by Gasteiger charge is 2.13. The van der Waals surface area contributed by atoms with Gasteiger partial charge in [-0.25, -0.2) is 0 Å². The summed E-state index contributed by atoms with van der Waals surface area (Å²) in [5.74, 6) is 0. The molecule has 0 saturated carbocycles. The number of rotatable bonds is 8. The van der Waals surface area contributed by atoms with Crippen molar-refractivity contribution < 1.29 is 10.0 Å². The fourth-order valence-corrected chi connectivity index (χ4v) is 2.23. The van der Waals surface area contributed by atoms with Crippen LogP contribution in [0.4, 0.5) is 0 Å². The van der Waals surface area contributed by atoms with Crippen LogP contribution >= 0.6 is 0 Å². The Labute approximate surface area is 99.0 Å². The van der Waals surface area contributed by atoms with Gasteiger partial charge in [0.2, 0.25) is 0 Å². The van der Waals surface area contributed by atoms with E-state index >= 15 is 0 Å². The summed E-state index contributed by atoms with van der Waals surface area (Å²) in [6.07, 6.45) is 7.07. The van der Waals surface area contributed by atoms with Crippen molar-refractivity contribution in [2.45, 2.75) is 50.9 Å². The number of nitrogens with two attached hydrogens (primary N) is 1. The van der Waals surface area contributed by atoms with Crippen molar-refractivity contribution in [1.29, 1.82) is 0 Å². The Balaban J connectivity index is 1.91. The van der Waals surface area contributed by atoms with Crippen molar-refractivity contribution in [3.63, 3.8) is 0 Å². The monoisotopic (exact) mass is 228 g/mol. The van der Waals surface area contributed by atoms with Gasteiger partial charge < -0.3 is 20.7 Å². The largest absolute Gasteiger partial charge is 0.451 e. The third-order valence-electron chi connectivity index (χ3n) is 3.30. The van der Waals surface area contributed by atoms with Crippen LogP contribution in [0, 0.1) is 0 Å². The van der Waals surface area contributed by atoms with E-state index < -0.39 is 7.12 Å². The molecule has 0 bridgehead atoms. The SMILES string of the molecule is NC(CCCCB(O)O)CCN1CCCC1. The van der Waals surface area contributed by atoms with E-state index in [1.165, 1.54) is 25.9 Å². The average molecular weight is 228 g/mol. The smallest absolute Gasteiger partial charge is 0.427 e. The lowest BCUT2D eigenvalue weighted by molar-refractivity contribution is 0.316. The van der Waals surface area contributed by atoms with Crippen LogP contribution in [0.3, 0.4) is 0 Å². The fourth-order valence-electron chi connectivity index (χ4n) is 2.23. The van der Waals surface area contributed by atoms with Gasteiger partial charge in [-0.2, -0.15) is 0 Å². The third kappa shape index (κ3) is 6.48. The van der Waals surface area contributed by atoms with Gasteiger partial charge in [-0.1, -0.05) is 12.8 Å². The molecular formula is C11H25BN2O2. The summed E-state index contributed by atoms with van der Waals surface area (Å²) in [6.45, 7) is 3.61. The zero-order valence-electron chi connectivity index (χ0n) is 10.1. The van der Waals surface area contributed by atoms with Gasteiger partial charge in [0.25, 0.3) is 0 Å². The number of nitrogens with zero attached hydrogens (tertiary/aromatic N) is 1. The molecule has 0 radical (unpaired) electrons. The van der Waals surface area contributed by atoms with Crippen molar-refractivity contribution >= 4 is 7.12 Å². The highest BCUT2D eigenvalue weighted by molar-refractivity contribution is 6.40. The Morgan fingerprint density at radius 1 is 1.12 bits per heavy atom. The standard InChI is InChI=1S/C11H25BN2O2/c13-11(5-1-2-7-12(15)16)6-10-14-8-3-4-9-14/h11,15-16H,1-10,13H2. The predicted octanol–water partition coefficient (Wildman–Crippen LogP) is 0.443. The lowest BCUT2D eigenvalue weighted by atomic mass is 9.83. The second-order valence-electron chi connectivity index (χ2n) is 4.86. The molecule has 1 atom stereocenters. The Morgan fingerprint density at radius 2 is 1.81 bits per heavy atom. The van der Waals surface area contributed by atoms with E-state index in [0.29, 0.717) is 6.32 Å². The first kappa shape index (κ1) is 14.0. The summed E-state index contributed by atoms with van der Waals surface area (Å²) < 4.78 is 0. The first-order chi connectivity index (χ1) is 7.68.